The lowest BCUT2D eigenvalue weighted by atomic mass is 10.2. The molecule has 1 N–H and O–H groups in total. The number of hydrogen-bond donors (Lipinski definition) is 1. The monoisotopic (exact) mass is 549 g/mol. The first-order chi connectivity index (χ1) is 15.3. The molecule has 4 aromatic rings. The Morgan fingerprint density at radius 2 is 1.84 bits per heavy atom. The summed E-state index contributed by atoms with van der Waals surface area (Å²) in [5.74, 6) is -0.456. The van der Waals surface area contributed by atoms with Crippen LogP contribution in [0.1, 0.15) is 17.3 Å². The Hall–Kier alpha value is -2.46. The SMILES string of the molecule is CCn1c(=NC(=O)c2cccc(NS(=O)(=O)c3ccc(Cl)cc3)c2)sc2cccc(Br)c21. The predicted molar refractivity (Wildman–Crippen MR) is 132 cm³/mol. The van der Waals surface area contributed by atoms with Gasteiger partial charge in [-0.05, 0) is 77.5 Å². The van der Waals surface area contributed by atoms with Crippen LogP contribution in [0.15, 0.2) is 81.1 Å². The molecule has 0 radical (unpaired) electrons. The molecule has 0 saturated heterocycles. The van der Waals surface area contributed by atoms with Crippen LogP contribution in [0.3, 0.4) is 0 Å². The minimum atomic E-state index is -3.82. The van der Waals surface area contributed by atoms with Gasteiger partial charge in [0.15, 0.2) is 4.80 Å². The van der Waals surface area contributed by atoms with Crippen molar-refractivity contribution in [3.8, 4) is 0 Å². The molecule has 0 unspecified atom stereocenters. The third-order valence-corrected chi connectivity index (χ3v) is 7.98. The number of aryl methyl sites for hydroxylation is 1. The molecule has 0 bridgehead atoms. The standard InChI is InChI=1S/C22H17BrClN3O3S2/c1-2-27-20-18(23)7-4-8-19(20)31-22(27)25-21(28)14-5-3-6-16(13-14)26-32(29,30)17-11-9-15(24)10-12-17/h3-13,26H,2H2,1H3. The molecule has 0 atom stereocenters. The number of para-hydroxylation sites is 1. The zero-order valence-corrected chi connectivity index (χ0v) is 20.7. The van der Waals surface area contributed by atoms with E-state index in [0.717, 1.165) is 14.7 Å². The maximum Gasteiger partial charge on any atom is 0.279 e. The maximum atomic E-state index is 12.9. The lowest BCUT2D eigenvalue weighted by Crippen LogP contribution is -2.16. The highest BCUT2D eigenvalue weighted by Gasteiger charge is 2.16. The highest BCUT2D eigenvalue weighted by Crippen LogP contribution is 2.26. The summed E-state index contributed by atoms with van der Waals surface area (Å²) in [5, 5.41) is 0.441. The highest BCUT2D eigenvalue weighted by atomic mass is 79.9. The third kappa shape index (κ3) is 4.66. The van der Waals surface area contributed by atoms with Crippen LogP contribution in [0.4, 0.5) is 5.69 Å². The van der Waals surface area contributed by atoms with E-state index in [2.05, 4.69) is 25.6 Å². The Kier molecular flexibility index (Phi) is 6.52. The summed E-state index contributed by atoms with van der Waals surface area (Å²) in [5.41, 5.74) is 1.53. The van der Waals surface area contributed by atoms with E-state index < -0.39 is 15.9 Å². The Bertz CT molecular complexity index is 1490. The Morgan fingerprint density at radius 1 is 1.12 bits per heavy atom. The van der Waals surface area contributed by atoms with Gasteiger partial charge >= 0.3 is 0 Å². The lowest BCUT2D eigenvalue weighted by molar-refractivity contribution is 0.0998. The molecule has 0 fully saturated rings. The van der Waals surface area contributed by atoms with Crippen molar-refractivity contribution in [3.63, 3.8) is 0 Å². The predicted octanol–water partition coefficient (Wildman–Crippen LogP) is 5.68. The van der Waals surface area contributed by atoms with Crippen molar-refractivity contribution in [1.29, 1.82) is 0 Å². The fourth-order valence-electron chi connectivity index (χ4n) is 3.16. The normalized spacial score (nSPS) is 12.3. The van der Waals surface area contributed by atoms with Crippen LogP contribution < -0.4 is 9.52 Å². The fraction of sp³-hybridized carbons (Fsp3) is 0.0909. The first-order valence-corrected chi connectivity index (χ1v) is 13.0. The van der Waals surface area contributed by atoms with E-state index >= 15 is 0 Å². The minimum Gasteiger partial charge on any atom is -0.316 e. The summed E-state index contributed by atoms with van der Waals surface area (Å²) in [6, 6.07) is 18.0. The summed E-state index contributed by atoms with van der Waals surface area (Å²) in [7, 11) is -3.82. The van der Waals surface area contributed by atoms with Crippen molar-refractivity contribution in [2.24, 2.45) is 4.99 Å². The van der Waals surface area contributed by atoms with Crippen LogP contribution in [0.2, 0.25) is 5.02 Å². The molecule has 10 heteroatoms. The van der Waals surface area contributed by atoms with E-state index in [0.29, 0.717) is 16.4 Å². The molecule has 0 spiro atoms. The second-order valence-corrected chi connectivity index (χ2v) is 10.8. The van der Waals surface area contributed by atoms with Crippen molar-refractivity contribution in [1.82, 2.24) is 4.57 Å². The molecule has 0 aliphatic carbocycles. The number of carbonyl (C=O) groups is 1. The van der Waals surface area contributed by atoms with Crippen LogP contribution >= 0.6 is 38.9 Å². The van der Waals surface area contributed by atoms with Crippen LogP contribution in [0.5, 0.6) is 0 Å². The summed E-state index contributed by atoms with van der Waals surface area (Å²) < 4.78 is 31.7. The van der Waals surface area contributed by atoms with Crippen molar-refractivity contribution in [3.05, 3.63) is 86.6 Å². The lowest BCUT2D eigenvalue weighted by Gasteiger charge is -2.09. The number of nitrogens with one attached hydrogen (secondary N) is 1. The maximum absolute atomic E-state index is 12.9. The first kappa shape index (κ1) is 22.7. The number of carbonyl (C=O) groups excluding carboxylic acids is 1. The zero-order chi connectivity index (χ0) is 22.9. The summed E-state index contributed by atoms with van der Waals surface area (Å²) in [6.45, 7) is 2.64. The molecule has 1 heterocycles. The molecule has 6 nitrogen and oxygen atoms in total. The molecule has 3 aromatic carbocycles. The molecular formula is C22H17BrClN3O3S2. The number of aromatic nitrogens is 1. The van der Waals surface area contributed by atoms with Gasteiger partial charge in [-0.15, -0.1) is 0 Å². The summed E-state index contributed by atoms with van der Waals surface area (Å²) >= 11 is 10.8. The number of thiazole rings is 1. The topological polar surface area (TPSA) is 80.5 Å². The van der Waals surface area contributed by atoms with Gasteiger partial charge in [-0.1, -0.05) is 35.1 Å². The van der Waals surface area contributed by atoms with Gasteiger partial charge in [0.05, 0.1) is 15.1 Å². The molecule has 1 aromatic heterocycles. The van der Waals surface area contributed by atoms with E-state index in [-0.39, 0.29) is 16.1 Å². The van der Waals surface area contributed by atoms with E-state index in [9.17, 15) is 13.2 Å². The van der Waals surface area contributed by atoms with Gasteiger partial charge in [-0.2, -0.15) is 4.99 Å². The molecule has 0 aliphatic rings. The molecule has 32 heavy (non-hydrogen) atoms. The van der Waals surface area contributed by atoms with Gasteiger partial charge < -0.3 is 4.57 Å². The number of amides is 1. The molecule has 4 rings (SSSR count). The van der Waals surface area contributed by atoms with Crippen molar-refractivity contribution < 1.29 is 13.2 Å². The van der Waals surface area contributed by atoms with Gasteiger partial charge in [0, 0.05) is 27.3 Å². The van der Waals surface area contributed by atoms with Gasteiger partial charge in [-0.25, -0.2) is 8.42 Å². The number of fused-ring (bicyclic) bond motifs is 1. The van der Waals surface area contributed by atoms with Gasteiger partial charge in [0.25, 0.3) is 15.9 Å². The number of anilines is 1. The minimum absolute atomic E-state index is 0.0724. The van der Waals surface area contributed by atoms with Crippen molar-refractivity contribution in [2.75, 3.05) is 4.72 Å². The van der Waals surface area contributed by atoms with Crippen LogP contribution in [0.25, 0.3) is 10.2 Å². The number of hydrogen-bond acceptors (Lipinski definition) is 4. The fourth-order valence-corrected chi connectivity index (χ4v) is 6.17. The summed E-state index contributed by atoms with van der Waals surface area (Å²) in [4.78, 5) is 17.9. The first-order valence-electron chi connectivity index (χ1n) is 9.54. The summed E-state index contributed by atoms with van der Waals surface area (Å²) in [6.07, 6.45) is 0. The van der Waals surface area contributed by atoms with Crippen LogP contribution in [-0.2, 0) is 16.6 Å². The third-order valence-electron chi connectivity index (χ3n) is 4.65. The molecule has 0 saturated carbocycles. The highest BCUT2D eigenvalue weighted by molar-refractivity contribution is 9.10. The molecule has 0 aliphatic heterocycles. The number of benzene rings is 3. The Balaban J connectivity index is 1.67. The van der Waals surface area contributed by atoms with E-state index in [4.69, 9.17) is 11.6 Å². The molecule has 164 valence electrons. The number of nitrogens with zero attached hydrogens (tertiary/aromatic N) is 2. The van der Waals surface area contributed by atoms with Crippen LogP contribution in [0, 0.1) is 0 Å². The zero-order valence-electron chi connectivity index (χ0n) is 16.7. The molecule has 1 amide bonds. The van der Waals surface area contributed by atoms with Crippen LogP contribution in [-0.4, -0.2) is 18.9 Å². The Labute approximate surface area is 202 Å². The van der Waals surface area contributed by atoms with Gasteiger partial charge in [0.2, 0.25) is 0 Å². The van der Waals surface area contributed by atoms with Crippen molar-refractivity contribution >= 4 is 70.7 Å². The Morgan fingerprint density at radius 3 is 2.56 bits per heavy atom. The average molecular weight is 551 g/mol. The number of halogens is 2. The molecular weight excluding hydrogens is 534 g/mol. The van der Waals surface area contributed by atoms with E-state index in [1.807, 2.05) is 29.7 Å². The second-order valence-electron chi connectivity index (χ2n) is 6.77. The van der Waals surface area contributed by atoms with E-state index in [1.165, 1.54) is 41.7 Å². The van der Waals surface area contributed by atoms with Gasteiger partial charge in [-0.3, -0.25) is 9.52 Å². The van der Waals surface area contributed by atoms with Gasteiger partial charge in [0.1, 0.15) is 0 Å². The smallest absolute Gasteiger partial charge is 0.279 e. The second kappa shape index (κ2) is 9.19. The van der Waals surface area contributed by atoms with Crippen molar-refractivity contribution in [2.45, 2.75) is 18.4 Å². The largest absolute Gasteiger partial charge is 0.316 e. The quantitative estimate of drug-likeness (QED) is 0.347. The average Bonchev–Trinajstić information content (AvgIpc) is 3.12. The number of sulfonamides is 1. The number of rotatable bonds is 5. The van der Waals surface area contributed by atoms with E-state index in [1.54, 1.807) is 18.2 Å².